The maximum atomic E-state index is 13.5. The quantitative estimate of drug-likeness (QED) is 0.452. The minimum atomic E-state index is -0.565. The van der Waals surface area contributed by atoms with E-state index in [0.29, 0.717) is 16.5 Å². The van der Waals surface area contributed by atoms with Gasteiger partial charge in [-0.1, -0.05) is 12.1 Å². The molecule has 0 aliphatic carbocycles. The number of amides is 1. The molecule has 0 atom stereocenters. The fraction of sp³-hybridized carbons (Fsp3) is 0.100. The van der Waals surface area contributed by atoms with Crippen molar-refractivity contribution >= 4 is 22.6 Å². The van der Waals surface area contributed by atoms with E-state index in [9.17, 15) is 14.3 Å². The number of methoxy groups -OCH3 is 1. The number of nitrogens with zero attached hydrogens (tertiary/aromatic N) is 3. The van der Waals surface area contributed by atoms with Gasteiger partial charge in [-0.25, -0.2) is 4.39 Å². The number of carbonyl (C=O) groups excluding carboxylic acids is 1. The maximum absolute atomic E-state index is 13.5. The molecule has 1 aromatic heterocycles. The Morgan fingerprint density at radius 2 is 2.03 bits per heavy atom. The molecule has 3 N–H and O–H groups in total. The number of ether oxygens (including phenoxy) is 1. The Hall–Kier alpha value is -4.37. The molecule has 0 fully saturated rings. The molecule has 8 nitrogen and oxygen atoms in total. The molecule has 0 aliphatic rings. The van der Waals surface area contributed by atoms with E-state index in [1.165, 1.54) is 31.5 Å². The lowest BCUT2D eigenvalue weighted by molar-refractivity contribution is 0.0947. The minimum Gasteiger partial charge on any atom is -0.505 e. The standard InChI is InChI=1S/C20H14FN5O3/c1-29-17-5-3-13(21)6-15(17)20(28)24-9-11-2-4-14(16-10-25-26-18(11)16)19(27)12(7-22)8-23/h2-6,10,27H,9H2,1H3,(H,24,28)(H,25,26). The van der Waals surface area contributed by atoms with Gasteiger partial charge < -0.3 is 15.2 Å². The van der Waals surface area contributed by atoms with Gasteiger partial charge >= 0.3 is 0 Å². The van der Waals surface area contributed by atoms with Crippen molar-refractivity contribution in [2.75, 3.05) is 7.11 Å². The van der Waals surface area contributed by atoms with Crippen LogP contribution in [-0.4, -0.2) is 28.3 Å². The molecule has 1 amide bonds. The highest BCUT2D eigenvalue weighted by Gasteiger charge is 2.17. The molecule has 3 aromatic rings. The second kappa shape index (κ2) is 8.11. The van der Waals surface area contributed by atoms with Crippen LogP contribution < -0.4 is 10.1 Å². The van der Waals surface area contributed by atoms with E-state index in [1.54, 1.807) is 18.2 Å². The summed E-state index contributed by atoms with van der Waals surface area (Å²) < 4.78 is 18.6. The largest absolute Gasteiger partial charge is 0.505 e. The van der Waals surface area contributed by atoms with E-state index in [0.717, 1.165) is 6.07 Å². The lowest BCUT2D eigenvalue weighted by atomic mass is 10.0. The Morgan fingerprint density at radius 1 is 1.28 bits per heavy atom. The summed E-state index contributed by atoms with van der Waals surface area (Å²) in [5.74, 6) is -1.32. The molecule has 3 rings (SSSR count). The number of rotatable bonds is 5. The monoisotopic (exact) mass is 391 g/mol. The molecule has 29 heavy (non-hydrogen) atoms. The molecule has 0 saturated heterocycles. The zero-order valence-electron chi connectivity index (χ0n) is 15.2. The molecule has 144 valence electrons. The first kappa shape index (κ1) is 19.4. The van der Waals surface area contributed by atoms with Crippen molar-refractivity contribution in [1.82, 2.24) is 15.5 Å². The van der Waals surface area contributed by atoms with Crippen LogP contribution in [0.25, 0.3) is 16.7 Å². The summed E-state index contributed by atoms with van der Waals surface area (Å²) >= 11 is 0. The number of hydrogen-bond donors (Lipinski definition) is 3. The second-order valence-corrected chi connectivity index (χ2v) is 5.91. The van der Waals surface area contributed by atoms with Gasteiger partial charge in [0.05, 0.1) is 24.4 Å². The Kier molecular flexibility index (Phi) is 5.42. The SMILES string of the molecule is COc1ccc(F)cc1C(=O)NCc1ccc(C(O)=C(C#N)C#N)c2cn[nH]c12. The predicted octanol–water partition coefficient (Wildman–Crippen LogP) is 2.96. The molecule has 0 saturated carbocycles. The number of aliphatic hydroxyl groups excluding tert-OH is 1. The summed E-state index contributed by atoms with van der Waals surface area (Å²) in [6, 6.07) is 10.0. The van der Waals surface area contributed by atoms with Crippen molar-refractivity contribution in [1.29, 1.82) is 10.5 Å². The Balaban J connectivity index is 1.91. The number of fused-ring (bicyclic) bond motifs is 1. The number of nitriles is 2. The highest BCUT2D eigenvalue weighted by molar-refractivity contribution is 5.97. The number of carbonyl (C=O) groups is 1. The van der Waals surface area contributed by atoms with Gasteiger partial charge in [0.1, 0.15) is 23.7 Å². The Labute approximate surface area is 164 Å². The van der Waals surface area contributed by atoms with E-state index in [2.05, 4.69) is 15.5 Å². The zero-order chi connectivity index (χ0) is 21.0. The molecule has 9 heteroatoms. The first-order valence-corrected chi connectivity index (χ1v) is 8.30. The molecule has 0 radical (unpaired) electrons. The molecule has 1 heterocycles. The van der Waals surface area contributed by atoms with Gasteiger partial charge in [0.15, 0.2) is 11.3 Å². The average Bonchev–Trinajstić information content (AvgIpc) is 3.22. The summed E-state index contributed by atoms with van der Waals surface area (Å²) in [5.41, 5.74) is 1.03. The third-order valence-corrected chi connectivity index (χ3v) is 4.26. The third-order valence-electron chi connectivity index (χ3n) is 4.26. The van der Waals surface area contributed by atoms with Gasteiger partial charge in [0.25, 0.3) is 5.91 Å². The van der Waals surface area contributed by atoms with E-state index < -0.39 is 23.1 Å². The number of halogens is 1. The van der Waals surface area contributed by atoms with Gasteiger partial charge in [0.2, 0.25) is 0 Å². The summed E-state index contributed by atoms with van der Waals surface area (Å²) in [7, 11) is 1.38. The first-order valence-electron chi connectivity index (χ1n) is 8.30. The van der Waals surface area contributed by atoms with E-state index >= 15 is 0 Å². The van der Waals surface area contributed by atoms with E-state index in [4.69, 9.17) is 15.3 Å². The fourth-order valence-corrected chi connectivity index (χ4v) is 2.84. The van der Waals surface area contributed by atoms with Gasteiger partial charge in [-0.05, 0) is 23.8 Å². The van der Waals surface area contributed by atoms with Crippen LogP contribution in [0.2, 0.25) is 0 Å². The first-order chi connectivity index (χ1) is 14.0. The number of nitrogens with one attached hydrogen (secondary N) is 2. The normalized spacial score (nSPS) is 10.1. The lowest BCUT2D eigenvalue weighted by Gasteiger charge is -2.11. The summed E-state index contributed by atoms with van der Waals surface area (Å²) in [6.07, 6.45) is 1.44. The van der Waals surface area contributed by atoms with Gasteiger partial charge in [-0.2, -0.15) is 15.6 Å². The molecular formula is C20H14FN5O3. The zero-order valence-corrected chi connectivity index (χ0v) is 15.2. The second-order valence-electron chi connectivity index (χ2n) is 5.91. The number of aromatic nitrogens is 2. The number of aliphatic hydroxyl groups is 1. The van der Waals surface area contributed by atoms with Crippen LogP contribution in [0, 0.1) is 28.5 Å². The number of aromatic amines is 1. The van der Waals surface area contributed by atoms with Crippen molar-refractivity contribution in [2.24, 2.45) is 0 Å². The molecular weight excluding hydrogens is 377 g/mol. The van der Waals surface area contributed by atoms with Crippen LogP contribution in [0.3, 0.4) is 0 Å². The minimum absolute atomic E-state index is 0.0539. The smallest absolute Gasteiger partial charge is 0.255 e. The van der Waals surface area contributed by atoms with Crippen LogP contribution in [0.15, 0.2) is 42.1 Å². The number of H-pyrrole nitrogens is 1. The van der Waals surface area contributed by atoms with Crippen molar-refractivity contribution in [2.45, 2.75) is 6.54 Å². The molecule has 2 aromatic carbocycles. The predicted molar refractivity (Wildman–Crippen MR) is 101 cm³/mol. The van der Waals surface area contributed by atoms with Crippen LogP contribution in [0.4, 0.5) is 4.39 Å². The topological polar surface area (TPSA) is 135 Å². The Morgan fingerprint density at radius 3 is 2.72 bits per heavy atom. The Bertz CT molecular complexity index is 1200. The highest BCUT2D eigenvalue weighted by atomic mass is 19.1. The van der Waals surface area contributed by atoms with Crippen LogP contribution in [0.5, 0.6) is 5.75 Å². The summed E-state index contributed by atoms with van der Waals surface area (Å²) in [4.78, 5) is 12.5. The summed E-state index contributed by atoms with van der Waals surface area (Å²) in [6.45, 7) is 0.0747. The lowest BCUT2D eigenvalue weighted by Crippen LogP contribution is -2.23. The summed E-state index contributed by atoms with van der Waals surface area (Å²) in [5, 5.41) is 38.0. The number of hydrogen-bond acceptors (Lipinski definition) is 6. The van der Waals surface area contributed by atoms with Crippen LogP contribution in [0.1, 0.15) is 21.5 Å². The van der Waals surface area contributed by atoms with Crippen molar-refractivity contribution in [3.05, 3.63) is 64.6 Å². The molecule has 0 spiro atoms. The van der Waals surface area contributed by atoms with Gasteiger partial charge in [-0.15, -0.1) is 0 Å². The fourth-order valence-electron chi connectivity index (χ4n) is 2.84. The van der Waals surface area contributed by atoms with Crippen molar-refractivity contribution < 1.29 is 19.0 Å². The highest BCUT2D eigenvalue weighted by Crippen LogP contribution is 2.27. The number of allylic oxidation sites excluding steroid dienone is 1. The average molecular weight is 391 g/mol. The molecule has 0 bridgehead atoms. The van der Waals surface area contributed by atoms with Crippen LogP contribution >= 0.6 is 0 Å². The third kappa shape index (κ3) is 3.70. The van der Waals surface area contributed by atoms with E-state index in [-0.39, 0.29) is 23.4 Å². The van der Waals surface area contributed by atoms with Crippen molar-refractivity contribution in [3.8, 4) is 17.9 Å². The van der Waals surface area contributed by atoms with Crippen molar-refractivity contribution in [3.63, 3.8) is 0 Å². The molecule has 0 aliphatic heterocycles. The molecule has 0 unspecified atom stereocenters. The van der Waals surface area contributed by atoms with Crippen LogP contribution in [-0.2, 0) is 6.54 Å². The van der Waals surface area contributed by atoms with Gasteiger partial charge in [-0.3, -0.25) is 9.89 Å². The maximum Gasteiger partial charge on any atom is 0.255 e. The number of benzene rings is 2. The van der Waals surface area contributed by atoms with Gasteiger partial charge in [0, 0.05) is 17.5 Å². The van der Waals surface area contributed by atoms with E-state index in [1.807, 2.05) is 0 Å².